The van der Waals surface area contributed by atoms with E-state index in [1.165, 1.54) is 19.3 Å². The van der Waals surface area contributed by atoms with Crippen molar-refractivity contribution < 1.29 is 14.6 Å². The molecule has 0 aliphatic rings. The number of methoxy groups -OCH3 is 1. The zero-order valence-corrected chi connectivity index (χ0v) is 11.6. The summed E-state index contributed by atoms with van der Waals surface area (Å²) in [6, 6.07) is 11.6. The van der Waals surface area contributed by atoms with Gasteiger partial charge in [-0.15, -0.1) is 0 Å². The number of ether oxygens (including phenoxy) is 1. The Kier molecular flexibility index (Phi) is 4.43. The molecule has 0 amide bonds. The summed E-state index contributed by atoms with van der Waals surface area (Å²) >= 11 is 5.77. The molecule has 3 nitrogen and oxygen atoms in total. The summed E-state index contributed by atoms with van der Waals surface area (Å²) in [7, 11) is 1.48. The number of carbonyl (C=O) groups is 1. The quantitative estimate of drug-likeness (QED) is 0.684. The maximum atomic E-state index is 11.9. The zero-order chi connectivity index (χ0) is 14.5. The van der Waals surface area contributed by atoms with Crippen molar-refractivity contribution in [2.75, 3.05) is 7.11 Å². The molecule has 2 aromatic carbocycles. The molecule has 0 spiro atoms. The minimum absolute atomic E-state index is 0.0357. The van der Waals surface area contributed by atoms with Gasteiger partial charge in [0.1, 0.15) is 0 Å². The van der Waals surface area contributed by atoms with Crippen molar-refractivity contribution in [3.63, 3.8) is 0 Å². The predicted molar refractivity (Wildman–Crippen MR) is 79.5 cm³/mol. The monoisotopic (exact) mass is 288 g/mol. The Bertz CT molecular complexity index is 645. The van der Waals surface area contributed by atoms with Crippen LogP contribution in [0.25, 0.3) is 6.08 Å². The lowest BCUT2D eigenvalue weighted by molar-refractivity contribution is 0.104. The molecule has 2 rings (SSSR count). The Hall–Kier alpha value is -2.26. The first-order chi connectivity index (χ1) is 9.60. The molecule has 0 bridgehead atoms. The van der Waals surface area contributed by atoms with E-state index in [-0.39, 0.29) is 11.5 Å². The largest absolute Gasteiger partial charge is 0.504 e. The molecular formula is C16H13ClO3. The smallest absolute Gasteiger partial charge is 0.185 e. The standard InChI is InChI=1S/C16H13ClO3/c1-20-16-9-3-11(10-15(16)19)2-8-14(18)12-4-6-13(17)7-5-12/h2-10,19H,1H3. The lowest BCUT2D eigenvalue weighted by Crippen LogP contribution is -1.93. The highest BCUT2D eigenvalue weighted by Gasteiger charge is 2.03. The average Bonchev–Trinajstić information content (AvgIpc) is 2.45. The van der Waals surface area contributed by atoms with Crippen LogP contribution in [0.4, 0.5) is 0 Å². The van der Waals surface area contributed by atoms with Crippen LogP contribution in [-0.4, -0.2) is 18.0 Å². The van der Waals surface area contributed by atoms with E-state index >= 15 is 0 Å². The van der Waals surface area contributed by atoms with Crippen molar-refractivity contribution in [2.24, 2.45) is 0 Å². The maximum Gasteiger partial charge on any atom is 0.185 e. The molecule has 0 unspecified atom stereocenters. The summed E-state index contributed by atoms with van der Waals surface area (Å²) in [6.07, 6.45) is 3.08. The normalized spacial score (nSPS) is 10.7. The van der Waals surface area contributed by atoms with Crippen molar-refractivity contribution in [1.82, 2.24) is 0 Å². The number of allylic oxidation sites excluding steroid dienone is 1. The van der Waals surface area contributed by atoms with Gasteiger partial charge in [0.25, 0.3) is 0 Å². The number of halogens is 1. The first kappa shape index (κ1) is 14.2. The van der Waals surface area contributed by atoms with Crippen LogP contribution in [0.5, 0.6) is 11.5 Å². The molecule has 0 heterocycles. The van der Waals surface area contributed by atoms with Crippen molar-refractivity contribution in [3.8, 4) is 11.5 Å². The molecule has 2 aromatic rings. The fourth-order valence-electron chi connectivity index (χ4n) is 1.69. The van der Waals surface area contributed by atoms with Gasteiger partial charge in [-0.2, -0.15) is 0 Å². The van der Waals surface area contributed by atoms with Gasteiger partial charge >= 0.3 is 0 Å². The summed E-state index contributed by atoms with van der Waals surface area (Å²) in [5.74, 6) is 0.303. The Morgan fingerprint density at radius 1 is 1.20 bits per heavy atom. The lowest BCUT2D eigenvalue weighted by Gasteiger charge is -2.03. The summed E-state index contributed by atoms with van der Waals surface area (Å²) in [5, 5.41) is 10.2. The van der Waals surface area contributed by atoms with E-state index in [0.29, 0.717) is 21.9 Å². The average molecular weight is 289 g/mol. The van der Waals surface area contributed by atoms with Crippen LogP contribution in [0.2, 0.25) is 5.02 Å². The number of aromatic hydroxyl groups is 1. The molecule has 0 saturated carbocycles. The molecule has 0 atom stereocenters. The number of hydrogen-bond donors (Lipinski definition) is 1. The Labute approximate surface area is 122 Å². The van der Waals surface area contributed by atoms with Gasteiger partial charge in [0.2, 0.25) is 0 Å². The third-order valence-corrected chi connectivity index (χ3v) is 3.01. The van der Waals surface area contributed by atoms with E-state index < -0.39 is 0 Å². The Morgan fingerprint density at radius 2 is 1.90 bits per heavy atom. The van der Waals surface area contributed by atoms with E-state index in [9.17, 15) is 9.90 Å². The molecule has 0 radical (unpaired) electrons. The topological polar surface area (TPSA) is 46.5 Å². The van der Waals surface area contributed by atoms with Gasteiger partial charge in [0.05, 0.1) is 7.11 Å². The van der Waals surface area contributed by atoms with Gasteiger partial charge in [-0.1, -0.05) is 23.7 Å². The van der Waals surface area contributed by atoms with E-state index in [0.717, 1.165) is 0 Å². The molecule has 0 aliphatic carbocycles. The number of hydrogen-bond acceptors (Lipinski definition) is 3. The van der Waals surface area contributed by atoms with Crippen molar-refractivity contribution in [3.05, 3.63) is 64.7 Å². The van der Waals surface area contributed by atoms with Crippen LogP contribution in [-0.2, 0) is 0 Å². The fraction of sp³-hybridized carbons (Fsp3) is 0.0625. The van der Waals surface area contributed by atoms with Crippen molar-refractivity contribution in [2.45, 2.75) is 0 Å². The maximum absolute atomic E-state index is 11.9. The molecular weight excluding hydrogens is 276 g/mol. The number of carbonyl (C=O) groups excluding carboxylic acids is 1. The van der Waals surface area contributed by atoms with Gasteiger partial charge in [0.15, 0.2) is 17.3 Å². The molecule has 0 aromatic heterocycles. The number of benzene rings is 2. The first-order valence-electron chi connectivity index (χ1n) is 5.95. The SMILES string of the molecule is COc1ccc(C=CC(=O)c2ccc(Cl)cc2)cc1O. The highest BCUT2D eigenvalue weighted by molar-refractivity contribution is 6.30. The third-order valence-electron chi connectivity index (χ3n) is 2.76. The highest BCUT2D eigenvalue weighted by atomic mass is 35.5. The second kappa shape index (κ2) is 6.26. The Morgan fingerprint density at radius 3 is 2.50 bits per heavy atom. The summed E-state index contributed by atoms with van der Waals surface area (Å²) in [5.41, 5.74) is 1.27. The molecule has 20 heavy (non-hydrogen) atoms. The van der Waals surface area contributed by atoms with Crippen molar-refractivity contribution in [1.29, 1.82) is 0 Å². The number of phenols is 1. The summed E-state index contributed by atoms with van der Waals surface area (Å²) in [4.78, 5) is 11.9. The number of rotatable bonds is 4. The highest BCUT2D eigenvalue weighted by Crippen LogP contribution is 2.26. The second-order valence-electron chi connectivity index (χ2n) is 4.14. The van der Waals surface area contributed by atoms with Crippen LogP contribution < -0.4 is 4.74 Å². The minimum Gasteiger partial charge on any atom is -0.504 e. The van der Waals surface area contributed by atoms with E-state index in [2.05, 4.69) is 0 Å². The minimum atomic E-state index is -0.128. The van der Waals surface area contributed by atoms with Gasteiger partial charge in [-0.05, 0) is 48.0 Å². The molecule has 0 saturated heterocycles. The summed E-state index contributed by atoms with van der Waals surface area (Å²) < 4.78 is 4.95. The van der Waals surface area contributed by atoms with Crippen LogP contribution in [0, 0.1) is 0 Å². The second-order valence-corrected chi connectivity index (χ2v) is 4.57. The number of phenolic OH excluding ortho intramolecular Hbond substituents is 1. The van der Waals surface area contributed by atoms with Gasteiger partial charge in [-0.25, -0.2) is 0 Å². The van der Waals surface area contributed by atoms with E-state index in [4.69, 9.17) is 16.3 Å². The van der Waals surface area contributed by atoms with E-state index in [1.807, 2.05) is 0 Å². The molecule has 0 aliphatic heterocycles. The first-order valence-corrected chi connectivity index (χ1v) is 6.33. The molecule has 102 valence electrons. The van der Waals surface area contributed by atoms with Crippen LogP contribution in [0.15, 0.2) is 48.5 Å². The molecule has 4 heteroatoms. The van der Waals surface area contributed by atoms with Crippen molar-refractivity contribution >= 4 is 23.5 Å². The zero-order valence-electron chi connectivity index (χ0n) is 10.8. The Balaban J connectivity index is 2.14. The van der Waals surface area contributed by atoms with Gasteiger partial charge in [-0.3, -0.25) is 4.79 Å². The predicted octanol–water partition coefficient (Wildman–Crippen LogP) is 3.95. The molecule has 1 N–H and O–H groups in total. The summed E-state index contributed by atoms with van der Waals surface area (Å²) in [6.45, 7) is 0. The lowest BCUT2D eigenvalue weighted by atomic mass is 10.1. The van der Waals surface area contributed by atoms with Crippen LogP contribution in [0.3, 0.4) is 0 Å². The van der Waals surface area contributed by atoms with Crippen LogP contribution in [0.1, 0.15) is 15.9 Å². The fourth-order valence-corrected chi connectivity index (χ4v) is 1.82. The van der Waals surface area contributed by atoms with E-state index in [1.54, 1.807) is 42.5 Å². The number of ketones is 1. The molecule has 0 fully saturated rings. The van der Waals surface area contributed by atoms with Gasteiger partial charge < -0.3 is 9.84 Å². The van der Waals surface area contributed by atoms with Crippen LogP contribution >= 0.6 is 11.6 Å². The third kappa shape index (κ3) is 3.39. The van der Waals surface area contributed by atoms with Gasteiger partial charge in [0, 0.05) is 10.6 Å².